The van der Waals surface area contributed by atoms with Gasteiger partial charge in [-0.3, -0.25) is 30.6 Å². The zero-order valence-corrected chi connectivity index (χ0v) is 15.8. The van der Waals surface area contributed by atoms with E-state index < -0.39 is 28.4 Å². The number of aryl methyl sites for hydroxylation is 1. The molecule has 10 nitrogen and oxygen atoms in total. The van der Waals surface area contributed by atoms with E-state index in [2.05, 4.69) is 15.6 Å². The van der Waals surface area contributed by atoms with E-state index in [4.69, 9.17) is 4.74 Å². The van der Waals surface area contributed by atoms with E-state index in [9.17, 15) is 24.5 Å². The molecule has 0 unspecified atom stereocenters. The van der Waals surface area contributed by atoms with Crippen LogP contribution in [0.1, 0.15) is 33.2 Å². The molecule has 0 saturated carbocycles. The molecule has 2 rings (SSSR count). The van der Waals surface area contributed by atoms with Crippen LogP contribution in [0.5, 0.6) is 5.75 Å². The molecular weight excluding hydrogens is 382 g/mol. The molecule has 2 aromatic carbocycles. The first kappa shape index (κ1) is 21.4. The van der Waals surface area contributed by atoms with Crippen LogP contribution in [-0.2, 0) is 16.0 Å². The highest BCUT2D eigenvalue weighted by Gasteiger charge is 2.18. The molecule has 0 aliphatic rings. The average molecular weight is 401 g/mol. The fraction of sp³-hybridized carbons (Fsp3) is 0.211. The Morgan fingerprint density at radius 2 is 1.69 bits per heavy atom. The fourth-order valence-corrected chi connectivity index (χ4v) is 2.29. The summed E-state index contributed by atoms with van der Waals surface area (Å²) in [6, 6.07) is 10.3. The van der Waals surface area contributed by atoms with Crippen molar-refractivity contribution in [2.24, 2.45) is 0 Å². The number of carbonyl (C=O) groups is 3. The Balaban J connectivity index is 1.96. The molecule has 0 heterocycles. The summed E-state index contributed by atoms with van der Waals surface area (Å²) in [5.74, 6) is -1.84. The molecule has 152 valence electrons. The third-order valence-electron chi connectivity index (χ3n) is 3.83. The Kier molecular flexibility index (Phi) is 7.24. The molecule has 0 aliphatic carbocycles. The average Bonchev–Trinajstić information content (AvgIpc) is 2.75. The Morgan fingerprint density at radius 3 is 2.28 bits per heavy atom. The number of benzene rings is 2. The van der Waals surface area contributed by atoms with Gasteiger partial charge in [0.2, 0.25) is 0 Å². The molecule has 0 spiro atoms. The molecule has 0 bridgehead atoms. The smallest absolute Gasteiger partial charge is 0.338 e. The van der Waals surface area contributed by atoms with Gasteiger partial charge in [0.05, 0.1) is 17.6 Å². The van der Waals surface area contributed by atoms with Gasteiger partial charge in [-0.1, -0.05) is 19.1 Å². The van der Waals surface area contributed by atoms with Gasteiger partial charge in [-0.25, -0.2) is 4.79 Å². The van der Waals surface area contributed by atoms with Gasteiger partial charge >= 0.3 is 5.97 Å². The number of ether oxygens (including phenoxy) is 2. The van der Waals surface area contributed by atoms with Crippen molar-refractivity contribution in [3.8, 4) is 5.75 Å². The molecule has 0 aliphatic heterocycles. The van der Waals surface area contributed by atoms with Crippen molar-refractivity contribution < 1.29 is 28.8 Å². The maximum absolute atomic E-state index is 12.2. The van der Waals surface area contributed by atoms with E-state index in [1.807, 2.05) is 19.1 Å². The van der Waals surface area contributed by atoms with Gasteiger partial charge in [0.15, 0.2) is 6.61 Å². The SMILES string of the molecule is CCc1ccc(OCC(=O)NNC(=O)c2cc(C(=O)OC)cc([N+](=O)[O-])c2)cc1. The first-order valence-electron chi connectivity index (χ1n) is 8.52. The van der Waals surface area contributed by atoms with Crippen molar-refractivity contribution in [3.05, 3.63) is 69.3 Å². The number of rotatable bonds is 7. The molecule has 0 fully saturated rings. The molecular formula is C19H19N3O7. The molecule has 29 heavy (non-hydrogen) atoms. The summed E-state index contributed by atoms with van der Waals surface area (Å²) in [6.45, 7) is 1.66. The third-order valence-corrected chi connectivity index (χ3v) is 3.83. The second-order valence-corrected chi connectivity index (χ2v) is 5.81. The number of amides is 2. The maximum atomic E-state index is 12.2. The molecule has 0 atom stereocenters. The van der Waals surface area contributed by atoms with Crippen molar-refractivity contribution in [2.75, 3.05) is 13.7 Å². The van der Waals surface area contributed by atoms with E-state index in [0.29, 0.717) is 5.75 Å². The van der Waals surface area contributed by atoms with Crippen LogP contribution in [0.2, 0.25) is 0 Å². The van der Waals surface area contributed by atoms with Gasteiger partial charge in [-0.15, -0.1) is 0 Å². The number of nitrogens with zero attached hydrogens (tertiary/aromatic N) is 1. The number of esters is 1. The number of nitro benzene ring substituents is 1. The number of carbonyl (C=O) groups excluding carboxylic acids is 3. The standard InChI is InChI=1S/C19H19N3O7/c1-3-12-4-6-16(7-5-12)29-11-17(23)20-21-18(24)13-8-14(19(25)28-2)10-15(9-13)22(26)27/h4-10H,3,11H2,1-2H3,(H,20,23)(H,21,24). The van der Waals surface area contributed by atoms with E-state index in [1.54, 1.807) is 12.1 Å². The van der Waals surface area contributed by atoms with Crippen molar-refractivity contribution in [1.82, 2.24) is 10.9 Å². The number of hydrogen-bond donors (Lipinski definition) is 2. The quantitative estimate of drug-likeness (QED) is 0.410. The molecule has 2 amide bonds. The summed E-state index contributed by atoms with van der Waals surface area (Å²) in [6.07, 6.45) is 0.877. The monoisotopic (exact) mass is 401 g/mol. The van der Waals surface area contributed by atoms with Crippen LogP contribution in [0.25, 0.3) is 0 Å². The van der Waals surface area contributed by atoms with Gasteiger partial charge in [-0.05, 0) is 30.2 Å². The highest BCUT2D eigenvalue weighted by Crippen LogP contribution is 2.18. The Bertz CT molecular complexity index is 926. The third kappa shape index (κ3) is 6.03. The summed E-state index contributed by atoms with van der Waals surface area (Å²) in [4.78, 5) is 45.9. The first-order chi connectivity index (χ1) is 13.8. The lowest BCUT2D eigenvalue weighted by atomic mass is 10.1. The fourth-order valence-electron chi connectivity index (χ4n) is 2.29. The predicted molar refractivity (Wildman–Crippen MR) is 101 cm³/mol. The van der Waals surface area contributed by atoms with E-state index in [0.717, 1.165) is 37.3 Å². The molecule has 2 N–H and O–H groups in total. The lowest BCUT2D eigenvalue weighted by Crippen LogP contribution is -2.43. The number of hydrazine groups is 1. The maximum Gasteiger partial charge on any atom is 0.338 e. The van der Waals surface area contributed by atoms with E-state index >= 15 is 0 Å². The number of nitrogens with one attached hydrogen (secondary N) is 2. The minimum absolute atomic E-state index is 0.169. The summed E-state index contributed by atoms with van der Waals surface area (Å²) < 4.78 is 9.82. The number of hydrogen-bond acceptors (Lipinski definition) is 7. The lowest BCUT2D eigenvalue weighted by molar-refractivity contribution is -0.384. The molecule has 0 radical (unpaired) electrons. The van der Waals surface area contributed by atoms with E-state index in [1.165, 1.54) is 0 Å². The van der Waals surface area contributed by atoms with Crippen LogP contribution in [0.4, 0.5) is 5.69 Å². The summed E-state index contributed by atoms with van der Waals surface area (Å²) in [7, 11) is 1.11. The van der Waals surface area contributed by atoms with Gasteiger partial charge in [0, 0.05) is 17.7 Å². The lowest BCUT2D eigenvalue weighted by Gasteiger charge is -2.10. The molecule has 10 heteroatoms. The number of nitro groups is 1. The van der Waals surface area contributed by atoms with Crippen LogP contribution >= 0.6 is 0 Å². The molecule has 2 aromatic rings. The van der Waals surface area contributed by atoms with Crippen LogP contribution < -0.4 is 15.6 Å². The number of methoxy groups -OCH3 is 1. The van der Waals surface area contributed by atoms with Gasteiger partial charge in [0.25, 0.3) is 17.5 Å². The van der Waals surface area contributed by atoms with Crippen LogP contribution in [-0.4, -0.2) is 36.4 Å². The Labute approximate surface area is 165 Å². The molecule has 0 saturated heterocycles. The van der Waals surface area contributed by atoms with Crippen LogP contribution in [0, 0.1) is 10.1 Å². The zero-order chi connectivity index (χ0) is 21.4. The minimum Gasteiger partial charge on any atom is -0.484 e. The normalized spacial score (nSPS) is 10.0. The second-order valence-electron chi connectivity index (χ2n) is 5.81. The van der Waals surface area contributed by atoms with Crippen molar-refractivity contribution in [2.45, 2.75) is 13.3 Å². The summed E-state index contributed by atoms with van der Waals surface area (Å²) in [5, 5.41) is 11.0. The van der Waals surface area contributed by atoms with Crippen molar-refractivity contribution >= 4 is 23.5 Å². The Morgan fingerprint density at radius 1 is 1.03 bits per heavy atom. The van der Waals surface area contributed by atoms with Crippen LogP contribution in [0.3, 0.4) is 0 Å². The first-order valence-corrected chi connectivity index (χ1v) is 8.52. The predicted octanol–water partition coefficient (Wildman–Crippen LogP) is 1.78. The molecule has 0 aromatic heterocycles. The summed E-state index contributed by atoms with van der Waals surface area (Å²) >= 11 is 0. The van der Waals surface area contributed by atoms with Crippen molar-refractivity contribution in [3.63, 3.8) is 0 Å². The summed E-state index contributed by atoms with van der Waals surface area (Å²) in [5.41, 5.74) is 4.53. The topological polar surface area (TPSA) is 137 Å². The van der Waals surface area contributed by atoms with Gasteiger partial charge in [-0.2, -0.15) is 0 Å². The van der Waals surface area contributed by atoms with E-state index in [-0.39, 0.29) is 17.7 Å². The van der Waals surface area contributed by atoms with Gasteiger partial charge in [0.1, 0.15) is 5.75 Å². The zero-order valence-electron chi connectivity index (χ0n) is 15.8. The second kappa shape index (κ2) is 9.83. The highest BCUT2D eigenvalue weighted by atomic mass is 16.6. The largest absolute Gasteiger partial charge is 0.484 e. The minimum atomic E-state index is -0.848. The van der Waals surface area contributed by atoms with Crippen LogP contribution in [0.15, 0.2) is 42.5 Å². The van der Waals surface area contributed by atoms with Crippen molar-refractivity contribution in [1.29, 1.82) is 0 Å². The van der Waals surface area contributed by atoms with Gasteiger partial charge < -0.3 is 9.47 Å². The highest BCUT2D eigenvalue weighted by molar-refractivity contribution is 5.99. The number of non-ortho nitro benzene ring substituents is 1. The Hall–Kier alpha value is -3.95.